The molecule has 2 aliphatic heterocycles. The second-order valence-corrected chi connectivity index (χ2v) is 10.3. The van der Waals surface area contributed by atoms with E-state index in [2.05, 4.69) is 40.5 Å². The Labute approximate surface area is 191 Å². The lowest BCUT2D eigenvalue weighted by Crippen LogP contribution is -2.52. The Bertz CT molecular complexity index is 1170. The van der Waals surface area contributed by atoms with Gasteiger partial charge in [-0.3, -0.25) is 9.69 Å². The standard InChI is InChI=1S/C25H26N4O2S/c30-23-25(12-9-17-5-1-2-6-19(17)15-25)27-24(31)29(23)16-28-13-10-18(11-14-28)22-26-20-7-3-4-8-21(20)32-22/h1-8,18H,9-16H2,(H,27,31). The SMILES string of the molecule is O=C1NC2(CCc3ccccc3C2)C(=O)N1CN1CCC(c2nc3ccccc3s2)CC1. The number of rotatable bonds is 3. The molecule has 3 amide bonds. The van der Waals surface area contributed by atoms with Crippen molar-refractivity contribution in [3.05, 3.63) is 64.7 Å². The minimum absolute atomic E-state index is 0.0645. The molecule has 6 nitrogen and oxygen atoms in total. The van der Waals surface area contributed by atoms with E-state index in [0.717, 1.165) is 37.9 Å². The van der Waals surface area contributed by atoms with Crippen molar-refractivity contribution < 1.29 is 9.59 Å². The number of nitrogens with zero attached hydrogens (tertiary/aromatic N) is 3. The maximum absolute atomic E-state index is 13.4. The summed E-state index contributed by atoms with van der Waals surface area (Å²) >= 11 is 1.79. The van der Waals surface area contributed by atoms with Crippen molar-refractivity contribution in [2.24, 2.45) is 0 Å². The maximum Gasteiger partial charge on any atom is 0.326 e. The molecule has 2 fully saturated rings. The number of carbonyl (C=O) groups is 2. The van der Waals surface area contributed by atoms with Gasteiger partial charge in [0.15, 0.2) is 0 Å². The quantitative estimate of drug-likeness (QED) is 0.620. The number of aryl methyl sites for hydroxylation is 1. The van der Waals surface area contributed by atoms with Crippen LogP contribution in [0.2, 0.25) is 0 Å². The molecule has 2 aromatic carbocycles. The summed E-state index contributed by atoms with van der Waals surface area (Å²) in [6.45, 7) is 2.11. The molecule has 7 heteroatoms. The highest BCUT2D eigenvalue weighted by molar-refractivity contribution is 7.18. The van der Waals surface area contributed by atoms with Gasteiger partial charge in [-0.25, -0.2) is 14.7 Å². The first-order valence-corrected chi connectivity index (χ1v) is 12.2. The van der Waals surface area contributed by atoms with Crippen molar-refractivity contribution in [1.29, 1.82) is 0 Å². The highest BCUT2D eigenvalue weighted by Gasteiger charge is 2.52. The van der Waals surface area contributed by atoms with Gasteiger partial charge in [0.1, 0.15) is 5.54 Å². The Morgan fingerprint density at radius 3 is 2.59 bits per heavy atom. The van der Waals surface area contributed by atoms with Crippen LogP contribution >= 0.6 is 11.3 Å². The average molecular weight is 447 g/mol. The molecular formula is C25H26N4O2S. The number of amides is 3. The molecule has 1 unspecified atom stereocenters. The third-order valence-corrected chi connectivity index (χ3v) is 8.47. The smallest absolute Gasteiger partial charge is 0.323 e. The zero-order chi connectivity index (χ0) is 21.7. The fraction of sp³-hybridized carbons (Fsp3) is 0.400. The van der Waals surface area contributed by atoms with Gasteiger partial charge in [-0.1, -0.05) is 36.4 Å². The molecule has 6 rings (SSSR count). The summed E-state index contributed by atoms with van der Waals surface area (Å²) in [6.07, 6.45) is 4.09. The van der Waals surface area contributed by atoms with Crippen LogP contribution in [0.1, 0.15) is 41.3 Å². The molecule has 164 valence electrons. The summed E-state index contributed by atoms with van der Waals surface area (Å²) in [5, 5.41) is 4.26. The van der Waals surface area contributed by atoms with E-state index in [0.29, 0.717) is 25.4 Å². The molecule has 2 saturated heterocycles. The number of para-hydroxylation sites is 1. The van der Waals surface area contributed by atoms with E-state index in [-0.39, 0.29) is 11.9 Å². The molecule has 0 bridgehead atoms. The molecule has 3 aromatic rings. The monoisotopic (exact) mass is 446 g/mol. The van der Waals surface area contributed by atoms with E-state index in [9.17, 15) is 9.59 Å². The van der Waals surface area contributed by atoms with Crippen molar-refractivity contribution in [3.8, 4) is 0 Å². The van der Waals surface area contributed by atoms with Gasteiger partial charge in [0, 0.05) is 25.4 Å². The van der Waals surface area contributed by atoms with Crippen LogP contribution in [0, 0.1) is 0 Å². The molecule has 1 aromatic heterocycles. The van der Waals surface area contributed by atoms with Crippen LogP contribution in [-0.4, -0.2) is 52.0 Å². The van der Waals surface area contributed by atoms with Crippen LogP contribution in [0.3, 0.4) is 0 Å². The number of likely N-dealkylation sites (tertiary alicyclic amines) is 1. The van der Waals surface area contributed by atoms with Gasteiger partial charge in [0.25, 0.3) is 5.91 Å². The predicted octanol–water partition coefficient (Wildman–Crippen LogP) is 3.91. The van der Waals surface area contributed by atoms with Gasteiger partial charge in [0.05, 0.1) is 21.9 Å². The van der Waals surface area contributed by atoms with E-state index in [1.165, 1.54) is 25.7 Å². The average Bonchev–Trinajstić information content (AvgIpc) is 3.35. The second-order valence-electron chi connectivity index (χ2n) is 9.24. The molecule has 3 aliphatic rings. The van der Waals surface area contributed by atoms with Gasteiger partial charge in [-0.15, -0.1) is 11.3 Å². The molecule has 1 spiro atoms. The molecule has 0 saturated carbocycles. The molecule has 3 heterocycles. The van der Waals surface area contributed by atoms with Gasteiger partial charge in [0.2, 0.25) is 0 Å². The first kappa shape index (κ1) is 19.9. The number of hydrogen-bond donors (Lipinski definition) is 1. The van der Waals surface area contributed by atoms with E-state index in [1.54, 1.807) is 11.3 Å². The van der Waals surface area contributed by atoms with Crippen LogP contribution in [0.5, 0.6) is 0 Å². The number of nitrogens with one attached hydrogen (secondary N) is 1. The Morgan fingerprint density at radius 2 is 1.78 bits per heavy atom. The van der Waals surface area contributed by atoms with E-state index in [4.69, 9.17) is 4.98 Å². The zero-order valence-electron chi connectivity index (χ0n) is 17.9. The van der Waals surface area contributed by atoms with Crippen molar-refractivity contribution in [1.82, 2.24) is 20.1 Å². The Hall–Kier alpha value is -2.77. The van der Waals surface area contributed by atoms with E-state index < -0.39 is 5.54 Å². The molecule has 0 radical (unpaired) electrons. The van der Waals surface area contributed by atoms with Crippen LogP contribution in [0.15, 0.2) is 48.5 Å². The number of aromatic nitrogens is 1. The van der Waals surface area contributed by atoms with Gasteiger partial charge < -0.3 is 5.32 Å². The highest BCUT2D eigenvalue weighted by atomic mass is 32.1. The number of piperidine rings is 1. The molecule has 1 N–H and O–H groups in total. The minimum atomic E-state index is -0.773. The maximum atomic E-state index is 13.4. The second kappa shape index (κ2) is 7.67. The lowest BCUT2D eigenvalue weighted by molar-refractivity contribution is -0.133. The van der Waals surface area contributed by atoms with Gasteiger partial charge in [-0.05, 0) is 48.9 Å². The number of fused-ring (bicyclic) bond motifs is 2. The van der Waals surface area contributed by atoms with Crippen molar-refractivity contribution in [2.45, 2.75) is 43.6 Å². The topological polar surface area (TPSA) is 65.5 Å². The minimum Gasteiger partial charge on any atom is -0.323 e. The van der Waals surface area contributed by atoms with Gasteiger partial charge in [-0.2, -0.15) is 0 Å². The lowest BCUT2D eigenvalue weighted by atomic mass is 9.78. The number of thiazole rings is 1. The van der Waals surface area contributed by atoms with Crippen molar-refractivity contribution in [2.75, 3.05) is 19.8 Å². The summed E-state index contributed by atoms with van der Waals surface area (Å²) in [7, 11) is 0. The predicted molar refractivity (Wildman–Crippen MR) is 125 cm³/mol. The molecule has 32 heavy (non-hydrogen) atoms. The summed E-state index contributed by atoms with van der Waals surface area (Å²) in [4.78, 5) is 34.7. The summed E-state index contributed by atoms with van der Waals surface area (Å²) in [5.74, 6) is 0.387. The fourth-order valence-corrected chi connectivity index (χ4v) is 6.55. The third-order valence-electron chi connectivity index (χ3n) is 7.27. The summed E-state index contributed by atoms with van der Waals surface area (Å²) in [5.41, 5.74) is 2.76. The first-order valence-electron chi connectivity index (χ1n) is 11.4. The Morgan fingerprint density at radius 1 is 1.03 bits per heavy atom. The van der Waals surface area contributed by atoms with Crippen LogP contribution in [-0.2, 0) is 17.6 Å². The van der Waals surface area contributed by atoms with Gasteiger partial charge >= 0.3 is 6.03 Å². The molecule has 1 aliphatic carbocycles. The number of imide groups is 1. The molecular weight excluding hydrogens is 420 g/mol. The van der Waals surface area contributed by atoms with E-state index in [1.807, 2.05) is 18.2 Å². The van der Waals surface area contributed by atoms with Crippen LogP contribution in [0.25, 0.3) is 10.2 Å². The highest BCUT2D eigenvalue weighted by Crippen LogP contribution is 2.36. The number of urea groups is 1. The number of carbonyl (C=O) groups excluding carboxylic acids is 2. The third kappa shape index (κ3) is 3.31. The normalized spacial score (nSPS) is 24.3. The molecule has 1 atom stereocenters. The zero-order valence-corrected chi connectivity index (χ0v) is 18.7. The van der Waals surface area contributed by atoms with Crippen LogP contribution < -0.4 is 5.32 Å². The lowest BCUT2D eigenvalue weighted by Gasteiger charge is -2.34. The Balaban J connectivity index is 1.11. The number of hydrogen-bond acceptors (Lipinski definition) is 5. The largest absolute Gasteiger partial charge is 0.326 e. The van der Waals surface area contributed by atoms with Crippen molar-refractivity contribution in [3.63, 3.8) is 0 Å². The fourth-order valence-electron chi connectivity index (χ4n) is 5.42. The Kier molecular flexibility index (Phi) is 4.77. The van der Waals surface area contributed by atoms with Crippen LogP contribution in [0.4, 0.5) is 4.79 Å². The number of benzene rings is 2. The van der Waals surface area contributed by atoms with Crippen molar-refractivity contribution >= 4 is 33.5 Å². The first-order chi connectivity index (χ1) is 15.6. The van der Waals surface area contributed by atoms with E-state index >= 15 is 0 Å². The summed E-state index contributed by atoms with van der Waals surface area (Å²) in [6, 6.07) is 16.3. The summed E-state index contributed by atoms with van der Waals surface area (Å²) < 4.78 is 1.24.